The van der Waals surface area contributed by atoms with Crippen molar-refractivity contribution in [2.24, 2.45) is 11.8 Å². The van der Waals surface area contributed by atoms with Gasteiger partial charge in [-0.05, 0) is 72.6 Å². The van der Waals surface area contributed by atoms with Gasteiger partial charge in [0.2, 0.25) is 11.8 Å². The molecule has 3 aliphatic heterocycles. The third-order valence-electron chi connectivity index (χ3n) is 13.7. The molecule has 7 atom stereocenters. The van der Waals surface area contributed by atoms with Crippen LogP contribution in [0.25, 0.3) is 0 Å². The number of carbonyl (C=O) groups is 5. The minimum Gasteiger partial charge on any atom is -0.491 e. The number of rotatable bonds is 12. The Bertz CT molecular complexity index is 2600. The normalized spacial score (nSPS) is 24.4. The number of para-hydroxylation sites is 1. The number of urea groups is 1. The first-order valence-electron chi connectivity index (χ1n) is 23.3. The highest BCUT2D eigenvalue weighted by molar-refractivity contribution is 6.25. The fraction of sp³-hybridized carbons (Fsp3) is 0.389. The van der Waals surface area contributed by atoms with Crippen LogP contribution >= 0.6 is 0 Å². The number of methoxy groups -OCH3 is 1. The molecule has 3 fully saturated rings. The Balaban J connectivity index is 1.47. The molecule has 2 saturated heterocycles. The van der Waals surface area contributed by atoms with Gasteiger partial charge < -0.3 is 35.1 Å². The number of aliphatic hydroxyl groups excluding tert-OH is 1. The third kappa shape index (κ3) is 8.66. The van der Waals surface area contributed by atoms with Crippen LogP contribution in [0.2, 0.25) is 0 Å². The number of carbonyl (C=O) groups excluding carboxylic acids is 5. The van der Waals surface area contributed by atoms with Crippen molar-refractivity contribution >= 4 is 35.5 Å². The quantitative estimate of drug-likeness (QED) is 0.0536. The maximum atomic E-state index is 16.6. The second-order valence-corrected chi connectivity index (χ2v) is 18.2. The molecule has 0 radical (unpaired) electrons. The molecule has 4 amide bonds. The topological polar surface area (TPSA) is 184 Å². The molecule has 14 nitrogen and oxygen atoms in total. The van der Waals surface area contributed by atoms with Gasteiger partial charge in [-0.25, -0.2) is 14.5 Å². The predicted molar refractivity (Wildman–Crippen MR) is 253 cm³/mol. The molecule has 3 heterocycles. The van der Waals surface area contributed by atoms with Crippen molar-refractivity contribution in [3.8, 4) is 17.6 Å². The number of morpholine rings is 1. The van der Waals surface area contributed by atoms with E-state index in [1.54, 1.807) is 56.3 Å². The first kappa shape index (κ1) is 47.7. The zero-order valence-corrected chi connectivity index (χ0v) is 38.6. The summed E-state index contributed by atoms with van der Waals surface area (Å²) in [6.07, 6.45) is 5.06. The van der Waals surface area contributed by atoms with E-state index in [4.69, 9.17) is 14.2 Å². The van der Waals surface area contributed by atoms with Crippen molar-refractivity contribution in [1.29, 1.82) is 0 Å². The van der Waals surface area contributed by atoms with Gasteiger partial charge >= 0.3 is 18.0 Å². The second-order valence-electron chi connectivity index (χ2n) is 18.2. The number of nitrogens with one attached hydrogen (secondary N) is 2. The molecule has 68 heavy (non-hydrogen) atoms. The SMILES string of the molecule is C=CCNC(=O)C1C2C(=O)OC(c3ccccc3)C(c3ccccc3)N2C(c2ccccc2OCCO)C12C(=O)N(C(=O)NC(C(=O)OC)C(C)C)c1ccc(C#CC3(O)CCCCCC3)cc12. The van der Waals surface area contributed by atoms with E-state index in [0.717, 1.165) is 30.6 Å². The summed E-state index contributed by atoms with van der Waals surface area (Å²) in [6, 6.07) is 24.7. The Morgan fingerprint density at radius 1 is 0.912 bits per heavy atom. The van der Waals surface area contributed by atoms with E-state index >= 15 is 19.2 Å². The summed E-state index contributed by atoms with van der Waals surface area (Å²) >= 11 is 0. The van der Waals surface area contributed by atoms with Crippen LogP contribution in [0.4, 0.5) is 10.5 Å². The van der Waals surface area contributed by atoms with Crippen LogP contribution in [0, 0.1) is 23.7 Å². The molecule has 0 bridgehead atoms. The van der Waals surface area contributed by atoms with Crippen molar-refractivity contribution < 1.29 is 48.4 Å². The third-order valence-corrected chi connectivity index (χ3v) is 13.7. The minimum absolute atomic E-state index is 0.0344. The van der Waals surface area contributed by atoms with Crippen LogP contribution in [0.3, 0.4) is 0 Å². The lowest BCUT2D eigenvalue weighted by Crippen LogP contribution is -2.57. The zero-order chi connectivity index (χ0) is 48.2. The maximum Gasteiger partial charge on any atom is 0.329 e. The van der Waals surface area contributed by atoms with Gasteiger partial charge in [0.25, 0.3) is 0 Å². The largest absolute Gasteiger partial charge is 0.491 e. The molecule has 1 saturated carbocycles. The Morgan fingerprint density at radius 2 is 1.57 bits per heavy atom. The van der Waals surface area contributed by atoms with E-state index in [-0.39, 0.29) is 36.8 Å². The van der Waals surface area contributed by atoms with Crippen LogP contribution in [-0.2, 0) is 34.1 Å². The molecule has 1 spiro atoms. The summed E-state index contributed by atoms with van der Waals surface area (Å²) in [4.78, 5) is 78.4. The minimum atomic E-state index is -2.16. The van der Waals surface area contributed by atoms with Gasteiger partial charge in [0.05, 0.1) is 37.4 Å². The summed E-state index contributed by atoms with van der Waals surface area (Å²) in [5, 5.41) is 27.4. The van der Waals surface area contributed by atoms with Gasteiger partial charge in [0.1, 0.15) is 41.6 Å². The van der Waals surface area contributed by atoms with Gasteiger partial charge in [-0.1, -0.05) is 123 Å². The lowest BCUT2D eigenvalue weighted by molar-refractivity contribution is -0.178. The molecule has 4 aromatic rings. The molecule has 0 aromatic heterocycles. The number of hydrogen-bond acceptors (Lipinski definition) is 11. The molecule has 4 aliphatic rings. The molecule has 1 aliphatic carbocycles. The Labute approximate surface area is 396 Å². The van der Waals surface area contributed by atoms with E-state index in [1.165, 1.54) is 13.2 Å². The average molecular weight is 923 g/mol. The average Bonchev–Trinajstić information content (AvgIpc) is 3.69. The van der Waals surface area contributed by atoms with E-state index in [0.29, 0.717) is 35.1 Å². The van der Waals surface area contributed by atoms with Crippen molar-refractivity contribution in [2.75, 3.05) is 31.8 Å². The number of esters is 2. The molecular weight excluding hydrogens is 865 g/mol. The van der Waals surface area contributed by atoms with E-state index in [1.807, 2.05) is 65.6 Å². The van der Waals surface area contributed by atoms with Crippen molar-refractivity contribution in [3.05, 3.63) is 144 Å². The number of fused-ring (bicyclic) bond motifs is 3. The van der Waals surface area contributed by atoms with E-state index in [2.05, 4.69) is 29.1 Å². The lowest BCUT2D eigenvalue weighted by Gasteiger charge is -2.46. The highest BCUT2D eigenvalue weighted by Gasteiger charge is 2.76. The number of cyclic esters (lactones) is 1. The second kappa shape index (κ2) is 20.2. The monoisotopic (exact) mass is 922 g/mol. The molecule has 354 valence electrons. The fourth-order valence-corrected chi connectivity index (χ4v) is 10.7. The van der Waals surface area contributed by atoms with Crippen LogP contribution < -0.4 is 20.3 Å². The number of ether oxygens (including phenoxy) is 3. The van der Waals surface area contributed by atoms with Crippen LogP contribution in [0.15, 0.2) is 116 Å². The van der Waals surface area contributed by atoms with Crippen molar-refractivity contribution in [2.45, 2.75) is 93.7 Å². The number of benzene rings is 4. The lowest BCUT2D eigenvalue weighted by atomic mass is 9.65. The summed E-state index contributed by atoms with van der Waals surface area (Å²) in [5.74, 6) is 1.43. The summed E-state index contributed by atoms with van der Waals surface area (Å²) in [7, 11) is 1.20. The number of imide groups is 1. The number of anilines is 1. The number of amides is 4. The van der Waals surface area contributed by atoms with Gasteiger partial charge in [0.15, 0.2) is 0 Å². The summed E-state index contributed by atoms with van der Waals surface area (Å²) < 4.78 is 17.9. The van der Waals surface area contributed by atoms with Crippen LogP contribution in [-0.4, -0.2) is 89.5 Å². The van der Waals surface area contributed by atoms with E-state index in [9.17, 15) is 15.0 Å². The molecule has 4 aromatic carbocycles. The molecular formula is C54H58N4O10. The van der Waals surface area contributed by atoms with E-state index < -0.39 is 82.9 Å². The first-order chi connectivity index (χ1) is 32.9. The summed E-state index contributed by atoms with van der Waals surface area (Å²) in [5.41, 5.74) is -1.02. The highest BCUT2D eigenvalue weighted by atomic mass is 16.6. The first-order valence-corrected chi connectivity index (χ1v) is 23.3. The van der Waals surface area contributed by atoms with Crippen LogP contribution in [0.5, 0.6) is 5.75 Å². The predicted octanol–water partition coefficient (Wildman–Crippen LogP) is 6.37. The number of hydrogen-bond donors (Lipinski definition) is 4. The molecule has 4 N–H and O–H groups in total. The fourth-order valence-electron chi connectivity index (χ4n) is 10.7. The van der Waals surface area contributed by atoms with Crippen molar-refractivity contribution in [1.82, 2.24) is 15.5 Å². The Kier molecular flexibility index (Phi) is 14.2. The van der Waals surface area contributed by atoms with Gasteiger partial charge in [0, 0.05) is 17.7 Å². The van der Waals surface area contributed by atoms with Gasteiger partial charge in [-0.2, -0.15) is 0 Å². The number of aliphatic hydroxyl groups is 2. The van der Waals surface area contributed by atoms with Crippen LogP contribution in [0.1, 0.15) is 98.4 Å². The summed E-state index contributed by atoms with van der Waals surface area (Å²) in [6.45, 7) is 6.75. The Hall–Kier alpha value is -6.79. The van der Waals surface area contributed by atoms with Gasteiger partial charge in [-0.15, -0.1) is 6.58 Å². The zero-order valence-electron chi connectivity index (χ0n) is 38.6. The standard InChI is InChI=1S/C54H58N4O10/c1-5-30-55-48(60)42-45-50(62)68-46(37-20-12-9-13-21-37)44(36-18-10-8-11-19-36)58(45)47(38-22-14-15-23-41(38)67-32-31-59)54(42)39-33-35(26-29-53(65)27-16-6-7-17-28-53)24-25-40(39)57(51(54)63)52(64)56-43(34(2)3)49(61)66-4/h5,8-15,18-25,33-34,42-47,59,65H,1,6-7,16-17,27-28,30-32H2,2-4H3,(H,55,60)(H,56,64). The maximum absolute atomic E-state index is 16.6. The molecule has 14 heteroatoms. The highest BCUT2D eigenvalue weighted by Crippen LogP contribution is 2.66. The molecule has 8 rings (SSSR count). The van der Waals surface area contributed by atoms with Crippen molar-refractivity contribution in [3.63, 3.8) is 0 Å². The molecule has 7 unspecified atom stereocenters. The Morgan fingerprint density at radius 3 is 2.22 bits per heavy atom. The number of nitrogens with zero attached hydrogens (tertiary/aromatic N) is 2. The smallest absolute Gasteiger partial charge is 0.329 e. The van der Waals surface area contributed by atoms with Gasteiger partial charge in [-0.3, -0.25) is 19.3 Å².